The van der Waals surface area contributed by atoms with E-state index in [9.17, 15) is 14.4 Å². The van der Waals surface area contributed by atoms with Crippen LogP contribution in [-0.2, 0) is 0 Å². The molecule has 1 saturated carbocycles. The molecule has 2 aromatic rings. The molecule has 0 aromatic heterocycles. The smallest absolute Gasteiger partial charge is 0.253 e. The van der Waals surface area contributed by atoms with Gasteiger partial charge in [-0.05, 0) is 43.2 Å². The van der Waals surface area contributed by atoms with Gasteiger partial charge in [-0.25, -0.2) is 4.39 Å². The largest absolute Gasteiger partial charge is 0.334 e. The summed E-state index contributed by atoms with van der Waals surface area (Å²) in [5.41, 5.74) is -0.361. The van der Waals surface area contributed by atoms with Gasteiger partial charge in [0.05, 0.1) is 6.07 Å². The lowest BCUT2D eigenvalue weighted by Gasteiger charge is -2.22. The molecular weight excluding hydrogens is 267 g/mol. The minimum Gasteiger partial charge on any atom is -0.334 e. The summed E-state index contributed by atoms with van der Waals surface area (Å²) in [6, 6.07) is 11.9. The Kier molecular flexibility index (Phi) is 3.34. The molecule has 21 heavy (non-hydrogen) atoms. The van der Waals surface area contributed by atoms with E-state index in [1.165, 1.54) is 12.1 Å². The van der Waals surface area contributed by atoms with Crippen LogP contribution < -0.4 is 5.32 Å². The van der Waals surface area contributed by atoms with E-state index in [0.29, 0.717) is 29.2 Å². The predicted molar refractivity (Wildman–Crippen MR) is 78.2 cm³/mol. The number of carbonyl (C=O) groups is 1. The number of fused-ring (bicyclic) bond motifs is 1. The number of hydrogen-bond donors (Lipinski definition) is 1. The maximum Gasteiger partial charge on any atom is 0.253 e. The molecule has 0 bridgehead atoms. The predicted octanol–water partition coefficient (Wildman–Crippen LogP) is 3.55. The number of carbonyl (C=O) groups excluding carboxylic acids is 1. The highest BCUT2D eigenvalue weighted by molar-refractivity contribution is 6.07. The number of benzene rings is 2. The lowest BCUT2D eigenvalue weighted by atomic mass is 9.97. The van der Waals surface area contributed by atoms with Gasteiger partial charge in [-0.3, -0.25) is 4.79 Å². The van der Waals surface area contributed by atoms with Crippen LogP contribution in [0.15, 0.2) is 36.4 Å². The van der Waals surface area contributed by atoms with E-state index in [1.54, 1.807) is 24.3 Å². The molecule has 2 aromatic carbocycles. The second kappa shape index (κ2) is 5.17. The number of hydrogen-bond acceptors (Lipinski definition) is 2. The van der Waals surface area contributed by atoms with Gasteiger partial charge in [0.1, 0.15) is 11.4 Å². The van der Waals surface area contributed by atoms with Gasteiger partial charge in [0.25, 0.3) is 5.91 Å². The summed E-state index contributed by atoms with van der Waals surface area (Å²) in [6.07, 6.45) is 3.23. The van der Waals surface area contributed by atoms with Crippen LogP contribution in [-0.4, -0.2) is 11.4 Å². The van der Waals surface area contributed by atoms with E-state index < -0.39 is 5.54 Å². The molecule has 1 aliphatic carbocycles. The molecule has 1 fully saturated rings. The first kappa shape index (κ1) is 13.6. The maximum atomic E-state index is 13.8. The normalized spacial score (nSPS) is 16.6. The number of rotatable bonds is 2. The van der Waals surface area contributed by atoms with Crippen molar-refractivity contribution in [3.63, 3.8) is 0 Å². The van der Waals surface area contributed by atoms with E-state index in [-0.39, 0.29) is 11.7 Å². The lowest BCUT2D eigenvalue weighted by Crippen LogP contribution is -2.45. The summed E-state index contributed by atoms with van der Waals surface area (Å²) in [6.45, 7) is 0. The molecule has 1 aliphatic rings. The molecule has 0 saturated heterocycles. The first-order valence-electron chi connectivity index (χ1n) is 7.06. The van der Waals surface area contributed by atoms with Gasteiger partial charge in [0.2, 0.25) is 0 Å². The summed E-state index contributed by atoms with van der Waals surface area (Å²) in [7, 11) is 0. The Morgan fingerprint density at radius 2 is 1.81 bits per heavy atom. The molecule has 0 unspecified atom stereocenters. The third kappa shape index (κ3) is 2.36. The fraction of sp³-hybridized carbons (Fsp3) is 0.294. The Morgan fingerprint density at radius 1 is 1.14 bits per heavy atom. The molecule has 1 amide bonds. The van der Waals surface area contributed by atoms with Crippen LogP contribution in [0.4, 0.5) is 4.39 Å². The minimum absolute atomic E-state index is 0.311. The van der Waals surface area contributed by atoms with Crippen molar-refractivity contribution < 1.29 is 9.18 Å². The third-order valence-corrected chi connectivity index (χ3v) is 4.14. The molecule has 3 nitrogen and oxygen atoms in total. The Morgan fingerprint density at radius 3 is 2.48 bits per heavy atom. The quantitative estimate of drug-likeness (QED) is 0.915. The fourth-order valence-electron chi connectivity index (χ4n) is 2.99. The van der Waals surface area contributed by atoms with Crippen molar-refractivity contribution in [2.45, 2.75) is 31.2 Å². The van der Waals surface area contributed by atoms with Gasteiger partial charge < -0.3 is 5.32 Å². The van der Waals surface area contributed by atoms with Crippen molar-refractivity contribution in [1.29, 1.82) is 5.26 Å². The first-order valence-corrected chi connectivity index (χ1v) is 7.06. The molecule has 0 spiro atoms. The lowest BCUT2D eigenvalue weighted by molar-refractivity contribution is 0.0922. The number of nitrogens with zero attached hydrogens (tertiary/aromatic N) is 1. The second-order valence-corrected chi connectivity index (χ2v) is 5.50. The molecule has 3 rings (SSSR count). The minimum atomic E-state index is -0.771. The molecule has 1 N–H and O–H groups in total. The van der Waals surface area contributed by atoms with E-state index in [4.69, 9.17) is 0 Å². The summed E-state index contributed by atoms with van der Waals surface area (Å²) in [5, 5.41) is 13.2. The molecule has 0 aliphatic heterocycles. The van der Waals surface area contributed by atoms with Gasteiger partial charge in [0, 0.05) is 10.9 Å². The summed E-state index contributed by atoms with van der Waals surface area (Å²) < 4.78 is 13.8. The van der Waals surface area contributed by atoms with Crippen LogP contribution >= 0.6 is 0 Å². The average Bonchev–Trinajstić information content (AvgIpc) is 2.97. The Hall–Kier alpha value is -2.41. The molecule has 0 radical (unpaired) electrons. The zero-order valence-corrected chi connectivity index (χ0v) is 11.5. The standard InChI is InChI=1S/C17H15FN2O/c18-15-8-7-14(12-5-1-2-6-13(12)15)16(21)20-17(11-19)9-3-4-10-17/h1-2,5-8H,3-4,9-10H2,(H,20,21). The number of halogens is 1. The van der Waals surface area contributed by atoms with Crippen molar-refractivity contribution in [2.75, 3.05) is 0 Å². The van der Waals surface area contributed by atoms with Crippen molar-refractivity contribution >= 4 is 16.7 Å². The highest BCUT2D eigenvalue weighted by Gasteiger charge is 2.35. The van der Waals surface area contributed by atoms with Crippen LogP contribution in [0.25, 0.3) is 10.8 Å². The molecular formula is C17H15FN2O. The molecule has 0 heterocycles. The fourth-order valence-corrected chi connectivity index (χ4v) is 2.99. The highest BCUT2D eigenvalue weighted by Crippen LogP contribution is 2.30. The van der Waals surface area contributed by atoms with E-state index >= 15 is 0 Å². The Labute approximate surface area is 122 Å². The summed E-state index contributed by atoms with van der Waals surface area (Å²) in [5.74, 6) is -0.660. The number of nitrogens with one attached hydrogen (secondary N) is 1. The first-order chi connectivity index (χ1) is 10.2. The van der Waals surface area contributed by atoms with Crippen molar-refractivity contribution in [3.8, 4) is 6.07 Å². The van der Waals surface area contributed by atoms with E-state index in [1.807, 2.05) is 0 Å². The van der Waals surface area contributed by atoms with Gasteiger partial charge in [-0.2, -0.15) is 5.26 Å². The SMILES string of the molecule is N#CC1(NC(=O)c2ccc(F)c3ccccc23)CCCC1. The van der Waals surface area contributed by atoms with Crippen LogP contribution in [0.5, 0.6) is 0 Å². The maximum absolute atomic E-state index is 13.8. The van der Waals surface area contributed by atoms with Crippen LogP contribution in [0.3, 0.4) is 0 Å². The van der Waals surface area contributed by atoms with Gasteiger partial charge in [-0.1, -0.05) is 24.3 Å². The van der Waals surface area contributed by atoms with E-state index in [0.717, 1.165) is 12.8 Å². The molecule has 4 heteroatoms. The van der Waals surface area contributed by atoms with Crippen LogP contribution in [0, 0.1) is 17.1 Å². The zero-order chi connectivity index (χ0) is 14.9. The van der Waals surface area contributed by atoms with Gasteiger partial charge >= 0.3 is 0 Å². The van der Waals surface area contributed by atoms with Gasteiger partial charge in [0.15, 0.2) is 0 Å². The van der Waals surface area contributed by atoms with Crippen LogP contribution in [0.2, 0.25) is 0 Å². The van der Waals surface area contributed by atoms with Crippen molar-refractivity contribution in [1.82, 2.24) is 5.32 Å². The molecule has 0 atom stereocenters. The average molecular weight is 282 g/mol. The number of nitriles is 1. The van der Waals surface area contributed by atoms with E-state index in [2.05, 4.69) is 11.4 Å². The number of amides is 1. The summed E-state index contributed by atoms with van der Waals surface area (Å²) >= 11 is 0. The van der Waals surface area contributed by atoms with Gasteiger partial charge in [-0.15, -0.1) is 0 Å². The Balaban J connectivity index is 1.99. The van der Waals surface area contributed by atoms with Crippen LogP contribution in [0.1, 0.15) is 36.0 Å². The van der Waals surface area contributed by atoms with Crippen molar-refractivity contribution in [3.05, 3.63) is 47.8 Å². The zero-order valence-electron chi connectivity index (χ0n) is 11.5. The highest BCUT2D eigenvalue weighted by atomic mass is 19.1. The van der Waals surface area contributed by atoms with Crippen molar-refractivity contribution in [2.24, 2.45) is 0 Å². The summed E-state index contributed by atoms with van der Waals surface area (Å²) in [4.78, 5) is 12.5. The Bertz CT molecular complexity index is 742. The monoisotopic (exact) mass is 282 g/mol. The topological polar surface area (TPSA) is 52.9 Å². The second-order valence-electron chi connectivity index (χ2n) is 5.50. The molecule has 106 valence electrons. The third-order valence-electron chi connectivity index (χ3n) is 4.14.